The molecule has 30 heavy (non-hydrogen) atoms. The third-order valence-electron chi connectivity index (χ3n) is 5.91. The van der Waals surface area contributed by atoms with Crippen LogP contribution in [0.2, 0.25) is 0 Å². The van der Waals surface area contributed by atoms with Gasteiger partial charge < -0.3 is 9.64 Å². The Balaban J connectivity index is 1.52. The summed E-state index contributed by atoms with van der Waals surface area (Å²) in [6, 6.07) is 28.2. The maximum absolute atomic E-state index is 13.4. The SMILES string of the molecule is CC(Oc1ccccc1)C1CCCCCN1C(=O)c1ccc(-c2ccccc2)cc1. The molecular weight excluding hydrogens is 370 g/mol. The number of carbonyl (C=O) groups excluding carboxylic acids is 1. The summed E-state index contributed by atoms with van der Waals surface area (Å²) in [5, 5.41) is 0. The van der Waals surface area contributed by atoms with E-state index in [0.29, 0.717) is 0 Å². The van der Waals surface area contributed by atoms with E-state index in [2.05, 4.69) is 19.1 Å². The Kier molecular flexibility index (Phi) is 6.48. The molecule has 0 bridgehead atoms. The number of likely N-dealkylation sites (tertiary alicyclic amines) is 1. The van der Waals surface area contributed by atoms with Crippen LogP contribution in [-0.4, -0.2) is 29.5 Å². The van der Waals surface area contributed by atoms with Gasteiger partial charge in [-0.25, -0.2) is 0 Å². The van der Waals surface area contributed by atoms with E-state index in [1.54, 1.807) is 0 Å². The molecule has 154 valence electrons. The zero-order valence-corrected chi connectivity index (χ0v) is 17.5. The molecule has 1 saturated heterocycles. The highest BCUT2D eigenvalue weighted by molar-refractivity contribution is 5.95. The van der Waals surface area contributed by atoms with Crippen molar-refractivity contribution in [3.05, 3.63) is 90.5 Å². The van der Waals surface area contributed by atoms with E-state index < -0.39 is 0 Å². The second-order valence-corrected chi connectivity index (χ2v) is 7.99. The molecule has 0 N–H and O–H groups in total. The third-order valence-corrected chi connectivity index (χ3v) is 5.91. The maximum Gasteiger partial charge on any atom is 0.254 e. The molecule has 3 heteroatoms. The van der Waals surface area contributed by atoms with Gasteiger partial charge in [-0.05, 0) is 55.2 Å². The number of hydrogen-bond donors (Lipinski definition) is 0. The lowest BCUT2D eigenvalue weighted by Crippen LogP contribution is -2.47. The molecule has 1 aliphatic heterocycles. The molecule has 3 nitrogen and oxygen atoms in total. The first-order chi connectivity index (χ1) is 14.7. The van der Waals surface area contributed by atoms with Crippen molar-refractivity contribution in [1.82, 2.24) is 4.90 Å². The number of benzene rings is 3. The minimum absolute atomic E-state index is 0.0574. The van der Waals surface area contributed by atoms with Crippen molar-refractivity contribution in [3.8, 4) is 16.9 Å². The van der Waals surface area contributed by atoms with Crippen LogP contribution in [0.1, 0.15) is 43.0 Å². The summed E-state index contributed by atoms with van der Waals surface area (Å²) in [6.45, 7) is 2.87. The van der Waals surface area contributed by atoms with Gasteiger partial charge in [0.25, 0.3) is 5.91 Å². The normalized spacial score (nSPS) is 17.8. The van der Waals surface area contributed by atoms with Gasteiger partial charge in [-0.3, -0.25) is 4.79 Å². The predicted octanol–water partition coefficient (Wildman–Crippen LogP) is 6.21. The number of hydrogen-bond acceptors (Lipinski definition) is 2. The van der Waals surface area contributed by atoms with Crippen LogP contribution in [0.15, 0.2) is 84.9 Å². The summed E-state index contributed by atoms with van der Waals surface area (Å²) in [5.74, 6) is 0.957. The number of ether oxygens (including phenoxy) is 1. The largest absolute Gasteiger partial charge is 0.489 e. The van der Waals surface area contributed by atoms with Crippen LogP contribution < -0.4 is 4.74 Å². The summed E-state index contributed by atoms with van der Waals surface area (Å²) in [4.78, 5) is 15.5. The van der Waals surface area contributed by atoms with E-state index in [9.17, 15) is 4.79 Å². The summed E-state index contributed by atoms with van der Waals surface area (Å²) >= 11 is 0. The van der Waals surface area contributed by atoms with Gasteiger partial charge in [-0.1, -0.05) is 73.5 Å². The van der Waals surface area contributed by atoms with Crippen molar-refractivity contribution >= 4 is 5.91 Å². The molecule has 4 rings (SSSR count). The zero-order chi connectivity index (χ0) is 20.8. The van der Waals surface area contributed by atoms with Gasteiger partial charge in [0, 0.05) is 12.1 Å². The van der Waals surface area contributed by atoms with E-state index in [1.807, 2.05) is 77.7 Å². The topological polar surface area (TPSA) is 29.5 Å². The average Bonchev–Trinajstić information content (AvgIpc) is 3.06. The van der Waals surface area contributed by atoms with Crippen molar-refractivity contribution < 1.29 is 9.53 Å². The van der Waals surface area contributed by atoms with E-state index in [0.717, 1.165) is 54.7 Å². The van der Waals surface area contributed by atoms with Crippen molar-refractivity contribution in [3.63, 3.8) is 0 Å². The third kappa shape index (κ3) is 4.73. The van der Waals surface area contributed by atoms with Gasteiger partial charge in [0.15, 0.2) is 0 Å². The molecule has 1 fully saturated rings. The summed E-state index contributed by atoms with van der Waals surface area (Å²) in [5.41, 5.74) is 3.03. The molecule has 3 aromatic rings. The fourth-order valence-corrected chi connectivity index (χ4v) is 4.27. The first-order valence-corrected chi connectivity index (χ1v) is 10.9. The van der Waals surface area contributed by atoms with Crippen LogP contribution in [0.5, 0.6) is 5.75 Å². The van der Waals surface area contributed by atoms with Crippen molar-refractivity contribution in [2.45, 2.75) is 44.8 Å². The molecule has 2 atom stereocenters. The van der Waals surface area contributed by atoms with Gasteiger partial charge >= 0.3 is 0 Å². The molecule has 0 saturated carbocycles. The van der Waals surface area contributed by atoms with Gasteiger partial charge in [-0.2, -0.15) is 0 Å². The lowest BCUT2D eigenvalue weighted by molar-refractivity contribution is 0.0480. The van der Waals surface area contributed by atoms with Crippen molar-refractivity contribution in [1.29, 1.82) is 0 Å². The Labute approximate surface area is 179 Å². The molecule has 0 radical (unpaired) electrons. The number of nitrogens with zero attached hydrogens (tertiary/aromatic N) is 1. The monoisotopic (exact) mass is 399 g/mol. The van der Waals surface area contributed by atoms with Crippen LogP contribution >= 0.6 is 0 Å². The molecule has 0 aliphatic carbocycles. The van der Waals surface area contributed by atoms with Gasteiger partial charge in [-0.15, -0.1) is 0 Å². The van der Waals surface area contributed by atoms with Crippen LogP contribution in [0.25, 0.3) is 11.1 Å². The predicted molar refractivity (Wildman–Crippen MR) is 122 cm³/mol. The molecule has 3 aromatic carbocycles. The van der Waals surface area contributed by atoms with E-state index >= 15 is 0 Å². The Morgan fingerprint density at radius 3 is 2.17 bits per heavy atom. The Morgan fingerprint density at radius 1 is 0.833 bits per heavy atom. The highest BCUT2D eigenvalue weighted by Gasteiger charge is 2.31. The molecular formula is C27H29NO2. The van der Waals surface area contributed by atoms with Gasteiger partial charge in [0.1, 0.15) is 11.9 Å². The molecule has 0 aromatic heterocycles. The fraction of sp³-hybridized carbons (Fsp3) is 0.296. The second-order valence-electron chi connectivity index (χ2n) is 7.99. The number of amides is 1. The smallest absolute Gasteiger partial charge is 0.254 e. The number of carbonyl (C=O) groups is 1. The molecule has 1 heterocycles. The first-order valence-electron chi connectivity index (χ1n) is 10.9. The second kappa shape index (κ2) is 9.62. The molecule has 1 aliphatic rings. The van der Waals surface area contributed by atoms with E-state index in [4.69, 9.17) is 4.74 Å². The van der Waals surface area contributed by atoms with Gasteiger partial charge in [0.05, 0.1) is 6.04 Å². The van der Waals surface area contributed by atoms with Gasteiger partial charge in [0.2, 0.25) is 0 Å². The number of rotatable bonds is 5. The lowest BCUT2D eigenvalue weighted by Gasteiger charge is -2.34. The van der Waals surface area contributed by atoms with Crippen LogP contribution in [0.4, 0.5) is 0 Å². The highest BCUT2D eigenvalue weighted by Crippen LogP contribution is 2.26. The number of para-hydroxylation sites is 1. The average molecular weight is 400 g/mol. The minimum atomic E-state index is -0.0574. The quantitative estimate of drug-likeness (QED) is 0.511. The minimum Gasteiger partial charge on any atom is -0.489 e. The van der Waals surface area contributed by atoms with Crippen LogP contribution in [0.3, 0.4) is 0 Å². The maximum atomic E-state index is 13.4. The Bertz CT molecular complexity index is 938. The Hall–Kier alpha value is -3.07. The molecule has 2 unspecified atom stereocenters. The van der Waals surface area contributed by atoms with Crippen LogP contribution in [0, 0.1) is 0 Å². The zero-order valence-electron chi connectivity index (χ0n) is 17.5. The fourth-order valence-electron chi connectivity index (χ4n) is 4.27. The highest BCUT2D eigenvalue weighted by atomic mass is 16.5. The Morgan fingerprint density at radius 2 is 1.47 bits per heavy atom. The van der Waals surface area contributed by atoms with Crippen molar-refractivity contribution in [2.75, 3.05) is 6.54 Å². The summed E-state index contributed by atoms with van der Waals surface area (Å²) in [6.07, 6.45) is 4.25. The van der Waals surface area contributed by atoms with E-state index in [1.165, 1.54) is 0 Å². The van der Waals surface area contributed by atoms with E-state index in [-0.39, 0.29) is 18.1 Å². The molecule has 1 amide bonds. The summed E-state index contributed by atoms with van der Waals surface area (Å²) < 4.78 is 6.21. The standard InChI is InChI=1S/C27H29NO2/c1-21(30-25-13-7-3-8-14-25)26-15-9-4-10-20-28(26)27(29)24-18-16-23(17-19-24)22-11-5-2-6-12-22/h2-3,5-8,11-14,16-19,21,26H,4,9-10,15,20H2,1H3. The van der Waals surface area contributed by atoms with Crippen LogP contribution in [-0.2, 0) is 0 Å². The lowest BCUT2D eigenvalue weighted by atomic mass is 10.0. The first kappa shape index (κ1) is 20.2. The molecule has 0 spiro atoms. The van der Waals surface area contributed by atoms with Crippen molar-refractivity contribution in [2.24, 2.45) is 0 Å². The summed E-state index contributed by atoms with van der Waals surface area (Å²) in [7, 11) is 0.